The monoisotopic (exact) mass is 255 g/mol. The second-order valence-corrected chi connectivity index (χ2v) is 6.29. The highest BCUT2D eigenvalue weighted by Crippen LogP contribution is 2.25. The molecule has 2 nitrogen and oxygen atoms in total. The molecule has 0 amide bonds. The van der Waals surface area contributed by atoms with Crippen LogP contribution >= 0.6 is 0 Å². The van der Waals surface area contributed by atoms with Crippen LogP contribution in [0.25, 0.3) is 0 Å². The Hall–Kier alpha value is -0.0800. The van der Waals surface area contributed by atoms with Crippen LogP contribution in [0.3, 0.4) is 0 Å². The highest BCUT2D eigenvalue weighted by molar-refractivity contribution is 4.74. The summed E-state index contributed by atoms with van der Waals surface area (Å²) in [5.41, 5.74) is 0. The average Bonchev–Trinajstić information content (AvgIpc) is 2.61. The van der Waals surface area contributed by atoms with Crippen molar-refractivity contribution in [2.75, 3.05) is 19.8 Å². The van der Waals surface area contributed by atoms with E-state index in [1.54, 1.807) is 0 Å². The minimum atomic E-state index is 0.664. The molecule has 0 aromatic rings. The molecular weight excluding hydrogens is 222 g/mol. The van der Waals surface area contributed by atoms with Gasteiger partial charge in [-0.15, -0.1) is 0 Å². The summed E-state index contributed by atoms with van der Waals surface area (Å²) in [4.78, 5) is 0. The van der Waals surface area contributed by atoms with E-state index in [1.165, 1.54) is 44.9 Å². The van der Waals surface area contributed by atoms with Crippen molar-refractivity contribution < 1.29 is 4.74 Å². The van der Waals surface area contributed by atoms with Crippen LogP contribution in [0.2, 0.25) is 0 Å². The Morgan fingerprint density at radius 3 is 2.28 bits per heavy atom. The lowest BCUT2D eigenvalue weighted by Crippen LogP contribution is -2.35. The second kappa shape index (κ2) is 9.80. The van der Waals surface area contributed by atoms with Crippen LogP contribution in [0.15, 0.2) is 0 Å². The summed E-state index contributed by atoms with van der Waals surface area (Å²) in [7, 11) is 0. The van der Waals surface area contributed by atoms with E-state index in [1.807, 2.05) is 0 Å². The summed E-state index contributed by atoms with van der Waals surface area (Å²) in [6, 6.07) is 0.664. The lowest BCUT2D eigenvalue weighted by molar-refractivity contribution is 0.121. The highest BCUT2D eigenvalue weighted by Gasteiger charge is 2.18. The molecule has 18 heavy (non-hydrogen) atoms. The van der Waals surface area contributed by atoms with Crippen LogP contribution in [0.5, 0.6) is 0 Å². The first-order valence-electron chi connectivity index (χ1n) is 8.01. The van der Waals surface area contributed by atoms with Crippen molar-refractivity contribution in [2.45, 2.75) is 71.8 Å². The molecule has 108 valence electrons. The largest absolute Gasteiger partial charge is 0.380 e. The molecule has 1 aliphatic carbocycles. The Morgan fingerprint density at radius 1 is 1.00 bits per heavy atom. The van der Waals surface area contributed by atoms with Gasteiger partial charge in [-0.05, 0) is 38.0 Å². The molecule has 1 rings (SSSR count). The third-order valence-electron chi connectivity index (χ3n) is 4.16. The molecule has 0 radical (unpaired) electrons. The van der Waals surface area contributed by atoms with E-state index >= 15 is 0 Å². The molecule has 1 aliphatic rings. The first-order chi connectivity index (χ1) is 8.70. The normalized spacial score (nSPS) is 20.0. The molecule has 0 aromatic carbocycles. The number of ether oxygens (including phenoxy) is 1. The molecular formula is C16H33NO. The van der Waals surface area contributed by atoms with Crippen LogP contribution in [-0.4, -0.2) is 25.8 Å². The second-order valence-electron chi connectivity index (χ2n) is 6.29. The fraction of sp³-hybridized carbons (Fsp3) is 1.00. The smallest absolute Gasteiger partial charge is 0.0591 e. The molecule has 1 saturated carbocycles. The van der Waals surface area contributed by atoms with Crippen molar-refractivity contribution in [3.8, 4) is 0 Å². The molecule has 2 heteroatoms. The van der Waals surface area contributed by atoms with Crippen molar-refractivity contribution in [1.29, 1.82) is 0 Å². The van der Waals surface area contributed by atoms with E-state index in [4.69, 9.17) is 4.74 Å². The van der Waals surface area contributed by atoms with Gasteiger partial charge in [-0.2, -0.15) is 0 Å². The zero-order chi connectivity index (χ0) is 13.2. The number of rotatable bonds is 8. The zero-order valence-electron chi connectivity index (χ0n) is 12.7. The summed E-state index contributed by atoms with van der Waals surface area (Å²) in [6.07, 6.45) is 9.77. The standard InChI is InChI=1S/C16H33NO/c1-14(2)10-12-18-13-11-17-15(3)16-8-6-4-5-7-9-16/h14-17H,4-13H2,1-3H3/t15-/m0/s1. The molecule has 1 fully saturated rings. The fourth-order valence-electron chi connectivity index (χ4n) is 2.76. The van der Waals surface area contributed by atoms with Crippen molar-refractivity contribution in [2.24, 2.45) is 11.8 Å². The quantitative estimate of drug-likeness (QED) is 0.523. The number of hydrogen-bond donors (Lipinski definition) is 1. The molecule has 0 aliphatic heterocycles. The van der Waals surface area contributed by atoms with Crippen LogP contribution in [0, 0.1) is 11.8 Å². The molecule has 0 heterocycles. The predicted molar refractivity (Wildman–Crippen MR) is 78.9 cm³/mol. The Morgan fingerprint density at radius 2 is 1.67 bits per heavy atom. The molecule has 0 unspecified atom stereocenters. The minimum absolute atomic E-state index is 0.664. The first kappa shape index (κ1) is 16.0. The van der Waals surface area contributed by atoms with Crippen molar-refractivity contribution in [1.82, 2.24) is 5.32 Å². The van der Waals surface area contributed by atoms with E-state index in [2.05, 4.69) is 26.1 Å². The van der Waals surface area contributed by atoms with E-state index in [-0.39, 0.29) is 0 Å². The molecule has 0 spiro atoms. The van der Waals surface area contributed by atoms with Crippen LogP contribution in [-0.2, 0) is 4.74 Å². The van der Waals surface area contributed by atoms with Crippen LogP contribution < -0.4 is 5.32 Å². The highest BCUT2D eigenvalue weighted by atomic mass is 16.5. The average molecular weight is 255 g/mol. The summed E-state index contributed by atoms with van der Waals surface area (Å²) in [6.45, 7) is 9.63. The topological polar surface area (TPSA) is 21.3 Å². The van der Waals surface area contributed by atoms with Gasteiger partial charge in [-0.1, -0.05) is 39.5 Å². The fourth-order valence-corrected chi connectivity index (χ4v) is 2.76. The maximum absolute atomic E-state index is 5.64. The summed E-state index contributed by atoms with van der Waals surface area (Å²) >= 11 is 0. The van der Waals surface area contributed by atoms with E-state index in [0.717, 1.165) is 31.6 Å². The maximum Gasteiger partial charge on any atom is 0.0591 e. The van der Waals surface area contributed by atoms with Gasteiger partial charge >= 0.3 is 0 Å². The Labute approximate surface area is 114 Å². The van der Waals surface area contributed by atoms with Gasteiger partial charge < -0.3 is 10.1 Å². The van der Waals surface area contributed by atoms with Crippen molar-refractivity contribution in [3.05, 3.63) is 0 Å². The summed E-state index contributed by atoms with van der Waals surface area (Å²) < 4.78 is 5.64. The Kier molecular flexibility index (Phi) is 8.70. The third-order valence-corrected chi connectivity index (χ3v) is 4.16. The van der Waals surface area contributed by atoms with Crippen molar-refractivity contribution in [3.63, 3.8) is 0 Å². The van der Waals surface area contributed by atoms with Gasteiger partial charge in [0.25, 0.3) is 0 Å². The van der Waals surface area contributed by atoms with E-state index in [0.29, 0.717) is 6.04 Å². The third kappa shape index (κ3) is 7.38. The van der Waals surface area contributed by atoms with Gasteiger partial charge in [0.15, 0.2) is 0 Å². The lowest BCUT2D eigenvalue weighted by Gasteiger charge is -2.23. The Bertz CT molecular complexity index is 186. The van der Waals surface area contributed by atoms with Gasteiger partial charge in [-0.3, -0.25) is 0 Å². The minimum Gasteiger partial charge on any atom is -0.380 e. The summed E-state index contributed by atoms with van der Waals surface area (Å²) in [5.74, 6) is 1.64. The lowest BCUT2D eigenvalue weighted by atomic mass is 9.93. The van der Waals surface area contributed by atoms with E-state index in [9.17, 15) is 0 Å². The zero-order valence-corrected chi connectivity index (χ0v) is 12.7. The van der Waals surface area contributed by atoms with Gasteiger partial charge in [0.2, 0.25) is 0 Å². The molecule has 1 atom stereocenters. The number of nitrogens with one attached hydrogen (secondary N) is 1. The van der Waals surface area contributed by atoms with Gasteiger partial charge in [0.1, 0.15) is 0 Å². The van der Waals surface area contributed by atoms with Crippen LogP contribution in [0.1, 0.15) is 65.7 Å². The molecule has 0 saturated heterocycles. The van der Waals surface area contributed by atoms with Crippen molar-refractivity contribution >= 4 is 0 Å². The van der Waals surface area contributed by atoms with Crippen LogP contribution in [0.4, 0.5) is 0 Å². The maximum atomic E-state index is 5.64. The van der Waals surface area contributed by atoms with Gasteiger partial charge in [0, 0.05) is 19.2 Å². The molecule has 1 N–H and O–H groups in total. The number of hydrogen-bond acceptors (Lipinski definition) is 2. The predicted octanol–water partition coefficient (Wildman–Crippen LogP) is 4.00. The van der Waals surface area contributed by atoms with Gasteiger partial charge in [-0.25, -0.2) is 0 Å². The molecule has 0 aromatic heterocycles. The summed E-state index contributed by atoms with van der Waals surface area (Å²) in [5, 5.41) is 3.64. The first-order valence-corrected chi connectivity index (χ1v) is 8.01. The Balaban J connectivity index is 2.00. The molecule has 0 bridgehead atoms. The van der Waals surface area contributed by atoms with E-state index < -0.39 is 0 Å². The van der Waals surface area contributed by atoms with Gasteiger partial charge in [0.05, 0.1) is 6.61 Å². The SMILES string of the molecule is CC(C)CCOCCN[C@@H](C)C1CCCCCC1.